The lowest BCUT2D eigenvalue weighted by Gasteiger charge is -2.20. The van der Waals surface area contributed by atoms with E-state index in [1.54, 1.807) is 29.6 Å². The molecular formula is C18H16N4O2S. The predicted molar refractivity (Wildman–Crippen MR) is 93.4 cm³/mol. The lowest BCUT2D eigenvalue weighted by Crippen LogP contribution is -2.32. The van der Waals surface area contributed by atoms with Gasteiger partial charge in [-0.05, 0) is 24.3 Å². The maximum absolute atomic E-state index is 12.6. The smallest absolute Gasteiger partial charge is 0.229 e. The monoisotopic (exact) mass is 352 g/mol. The van der Waals surface area contributed by atoms with Crippen LogP contribution in [0.5, 0.6) is 0 Å². The molecule has 0 radical (unpaired) electrons. The molecular weight excluding hydrogens is 336 g/mol. The summed E-state index contributed by atoms with van der Waals surface area (Å²) in [6, 6.07) is 9.47. The quantitative estimate of drug-likeness (QED) is 0.651. The van der Waals surface area contributed by atoms with Crippen molar-refractivity contribution < 1.29 is 9.21 Å². The van der Waals surface area contributed by atoms with Gasteiger partial charge in [0.05, 0.1) is 37.4 Å². The number of carbonyl (C=O) groups excluding carboxylic acids is 1. The average molecular weight is 352 g/mol. The molecule has 0 fully saturated rings. The van der Waals surface area contributed by atoms with Crippen LogP contribution in [0.3, 0.4) is 0 Å². The molecule has 0 aliphatic carbocycles. The standard InChI is InChI=1S/C18H16N4O2S/c19-6-3-8-22(12-16-5-2-9-24-16)17(23)10-15-13-25-18(21-15)14-4-1-7-20-11-14/h1-2,4-5,7,9,11,13H,3,8,10,12H2. The van der Waals surface area contributed by atoms with Gasteiger partial charge < -0.3 is 9.32 Å². The molecule has 3 heterocycles. The Morgan fingerprint density at radius 3 is 3.00 bits per heavy atom. The molecule has 7 heteroatoms. The zero-order valence-corrected chi connectivity index (χ0v) is 14.3. The molecule has 25 heavy (non-hydrogen) atoms. The minimum Gasteiger partial charge on any atom is -0.467 e. The second-order valence-electron chi connectivity index (χ2n) is 5.37. The topological polar surface area (TPSA) is 83.0 Å². The van der Waals surface area contributed by atoms with Gasteiger partial charge in [-0.3, -0.25) is 9.78 Å². The summed E-state index contributed by atoms with van der Waals surface area (Å²) in [5.41, 5.74) is 1.65. The Hall–Kier alpha value is -2.98. The number of furan rings is 1. The first kappa shape index (κ1) is 16.9. The predicted octanol–water partition coefficient (Wildman–Crippen LogP) is 3.28. The van der Waals surface area contributed by atoms with Crippen LogP contribution in [0, 0.1) is 11.3 Å². The van der Waals surface area contributed by atoms with E-state index >= 15 is 0 Å². The van der Waals surface area contributed by atoms with Crippen LogP contribution >= 0.6 is 11.3 Å². The fourth-order valence-electron chi connectivity index (χ4n) is 2.34. The molecule has 0 aliphatic rings. The number of aromatic nitrogens is 2. The van der Waals surface area contributed by atoms with Gasteiger partial charge in [0, 0.05) is 29.9 Å². The highest BCUT2D eigenvalue weighted by Gasteiger charge is 2.17. The first-order valence-corrected chi connectivity index (χ1v) is 8.66. The summed E-state index contributed by atoms with van der Waals surface area (Å²) in [5, 5.41) is 11.5. The summed E-state index contributed by atoms with van der Waals surface area (Å²) < 4.78 is 5.31. The molecule has 0 atom stereocenters. The summed E-state index contributed by atoms with van der Waals surface area (Å²) >= 11 is 1.49. The Labute approximate surface area is 149 Å². The van der Waals surface area contributed by atoms with Crippen molar-refractivity contribution in [2.45, 2.75) is 19.4 Å². The van der Waals surface area contributed by atoms with Crippen molar-refractivity contribution in [2.75, 3.05) is 6.54 Å². The number of hydrogen-bond donors (Lipinski definition) is 0. The third kappa shape index (κ3) is 4.52. The molecule has 6 nitrogen and oxygen atoms in total. The Morgan fingerprint density at radius 1 is 1.36 bits per heavy atom. The molecule has 3 aromatic rings. The Kier molecular flexibility index (Phi) is 5.54. The molecule has 126 valence electrons. The molecule has 0 aromatic carbocycles. The van der Waals surface area contributed by atoms with Crippen LogP contribution in [0.15, 0.2) is 52.7 Å². The number of rotatable bonds is 7. The molecule has 0 aliphatic heterocycles. The third-order valence-corrected chi connectivity index (χ3v) is 4.51. The fraction of sp³-hybridized carbons (Fsp3) is 0.222. The van der Waals surface area contributed by atoms with Crippen LogP contribution in [0.25, 0.3) is 10.6 Å². The van der Waals surface area contributed by atoms with E-state index in [1.165, 1.54) is 11.3 Å². The highest BCUT2D eigenvalue weighted by Crippen LogP contribution is 2.23. The summed E-state index contributed by atoms with van der Waals surface area (Å²) in [4.78, 5) is 22.9. The van der Waals surface area contributed by atoms with Crippen LogP contribution in [0.2, 0.25) is 0 Å². The van der Waals surface area contributed by atoms with E-state index in [4.69, 9.17) is 9.68 Å². The number of thiazole rings is 1. The van der Waals surface area contributed by atoms with Gasteiger partial charge in [0.2, 0.25) is 5.91 Å². The van der Waals surface area contributed by atoms with Crippen molar-refractivity contribution in [3.63, 3.8) is 0 Å². The van der Waals surface area contributed by atoms with Gasteiger partial charge in [-0.25, -0.2) is 4.98 Å². The Morgan fingerprint density at radius 2 is 2.28 bits per heavy atom. The first-order valence-electron chi connectivity index (χ1n) is 7.78. The van der Waals surface area contributed by atoms with Gasteiger partial charge >= 0.3 is 0 Å². The lowest BCUT2D eigenvalue weighted by atomic mass is 10.2. The molecule has 3 rings (SSSR count). The molecule has 1 amide bonds. The van der Waals surface area contributed by atoms with Crippen molar-refractivity contribution in [1.82, 2.24) is 14.9 Å². The minimum absolute atomic E-state index is 0.0744. The summed E-state index contributed by atoms with van der Waals surface area (Å²) in [6.07, 6.45) is 5.51. The summed E-state index contributed by atoms with van der Waals surface area (Å²) in [6.45, 7) is 0.725. The van der Waals surface area contributed by atoms with Gasteiger partial charge in [0.1, 0.15) is 10.8 Å². The minimum atomic E-state index is -0.0744. The molecule has 0 saturated carbocycles. The number of pyridine rings is 1. The molecule has 3 aromatic heterocycles. The zero-order valence-electron chi connectivity index (χ0n) is 13.5. The van der Waals surface area contributed by atoms with Crippen LogP contribution < -0.4 is 0 Å². The molecule has 0 spiro atoms. The summed E-state index contributed by atoms with van der Waals surface area (Å²) in [7, 11) is 0. The van der Waals surface area contributed by atoms with Gasteiger partial charge in [-0.15, -0.1) is 11.3 Å². The largest absolute Gasteiger partial charge is 0.467 e. The highest BCUT2D eigenvalue weighted by atomic mass is 32.1. The molecule has 0 saturated heterocycles. The van der Waals surface area contributed by atoms with Crippen molar-refractivity contribution in [3.05, 3.63) is 59.8 Å². The van der Waals surface area contributed by atoms with Crippen LogP contribution in [0.1, 0.15) is 17.9 Å². The fourth-order valence-corrected chi connectivity index (χ4v) is 3.15. The van der Waals surface area contributed by atoms with Crippen molar-refractivity contribution >= 4 is 17.2 Å². The van der Waals surface area contributed by atoms with E-state index in [0.717, 1.165) is 16.3 Å². The Balaban J connectivity index is 1.68. The van der Waals surface area contributed by atoms with E-state index < -0.39 is 0 Å². The average Bonchev–Trinajstić information content (AvgIpc) is 3.31. The molecule has 0 unspecified atom stereocenters. The number of nitrogens with zero attached hydrogens (tertiary/aromatic N) is 4. The number of nitriles is 1. The molecule has 0 N–H and O–H groups in total. The zero-order chi connectivity index (χ0) is 17.5. The second kappa shape index (κ2) is 8.22. The van der Waals surface area contributed by atoms with E-state index in [2.05, 4.69) is 16.0 Å². The second-order valence-corrected chi connectivity index (χ2v) is 6.22. The van der Waals surface area contributed by atoms with Crippen LogP contribution in [0.4, 0.5) is 0 Å². The van der Waals surface area contributed by atoms with E-state index in [0.29, 0.717) is 18.8 Å². The van der Waals surface area contributed by atoms with Crippen LogP contribution in [-0.4, -0.2) is 27.3 Å². The van der Waals surface area contributed by atoms with Crippen molar-refractivity contribution in [1.29, 1.82) is 5.26 Å². The highest BCUT2D eigenvalue weighted by molar-refractivity contribution is 7.13. The van der Waals surface area contributed by atoms with Gasteiger partial charge in [0.15, 0.2) is 0 Å². The number of carbonyl (C=O) groups is 1. The van der Waals surface area contributed by atoms with E-state index in [1.807, 2.05) is 23.6 Å². The van der Waals surface area contributed by atoms with E-state index in [-0.39, 0.29) is 18.7 Å². The van der Waals surface area contributed by atoms with Crippen molar-refractivity contribution in [3.8, 4) is 16.6 Å². The summed E-state index contributed by atoms with van der Waals surface area (Å²) in [5.74, 6) is 0.621. The number of hydrogen-bond acceptors (Lipinski definition) is 6. The lowest BCUT2D eigenvalue weighted by molar-refractivity contribution is -0.131. The van der Waals surface area contributed by atoms with Crippen LogP contribution in [-0.2, 0) is 17.8 Å². The third-order valence-electron chi connectivity index (χ3n) is 3.57. The van der Waals surface area contributed by atoms with E-state index in [9.17, 15) is 4.79 Å². The first-order chi connectivity index (χ1) is 12.3. The van der Waals surface area contributed by atoms with Gasteiger partial charge in [-0.1, -0.05) is 0 Å². The maximum Gasteiger partial charge on any atom is 0.229 e. The Bertz CT molecular complexity index is 853. The number of amides is 1. The normalized spacial score (nSPS) is 10.4. The van der Waals surface area contributed by atoms with Gasteiger partial charge in [0.25, 0.3) is 0 Å². The SMILES string of the molecule is N#CCCN(Cc1ccco1)C(=O)Cc1csc(-c2cccnc2)n1. The maximum atomic E-state index is 12.6. The van der Waals surface area contributed by atoms with Gasteiger partial charge in [-0.2, -0.15) is 5.26 Å². The van der Waals surface area contributed by atoms with Crippen molar-refractivity contribution in [2.24, 2.45) is 0 Å². The molecule has 0 bridgehead atoms.